The number of rotatable bonds is 3. The predicted molar refractivity (Wildman–Crippen MR) is 68.5 cm³/mol. The third-order valence-corrected chi connectivity index (χ3v) is 2.99. The van der Waals surface area contributed by atoms with Crippen LogP contribution in [0.15, 0.2) is 48.5 Å². The standard InChI is InChI=1S/C15H13F3O2/c1-20-11-8-6-10(7-9-11)14(19)12-4-2-3-5-13(12)15(16,17)18/h2-9,14,19H,1H3. The van der Waals surface area contributed by atoms with Gasteiger partial charge in [0.25, 0.3) is 0 Å². The summed E-state index contributed by atoms with van der Waals surface area (Å²) >= 11 is 0. The number of hydrogen-bond donors (Lipinski definition) is 1. The molecular formula is C15H13F3O2. The Morgan fingerprint density at radius 3 is 2.15 bits per heavy atom. The molecule has 1 unspecified atom stereocenters. The van der Waals surface area contributed by atoms with Crippen LogP contribution in [0.1, 0.15) is 22.8 Å². The van der Waals surface area contributed by atoms with Gasteiger partial charge >= 0.3 is 6.18 Å². The molecule has 0 aromatic heterocycles. The van der Waals surface area contributed by atoms with Crippen LogP contribution in [-0.4, -0.2) is 12.2 Å². The Morgan fingerprint density at radius 2 is 1.60 bits per heavy atom. The largest absolute Gasteiger partial charge is 0.497 e. The third kappa shape index (κ3) is 2.93. The van der Waals surface area contributed by atoms with E-state index in [4.69, 9.17) is 4.74 Å². The molecule has 0 aliphatic heterocycles. The maximum Gasteiger partial charge on any atom is 0.416 e. The Labute approximate surface area is 114 Å². The molecule has 0 spiro atoms. The SMILES string of the molecule is COc1ccc(C(O)c2ccccc2C(F)(F)F)cc1. The Hall–Kier alpha value is -2.01. The first-order chi connectivity index (χ1) is 9.43. The molecule has 0 bridgehead atoms. The molecule has 20 heavy (non-hydrogen) atoms. The zero-order chi connectivity index (χ0) is 14.8. The lowest BCUT2D eigenvalue weighted by atomic mass is 9.96. The molecule has 2 aromatic rings. The summed E-state index contributed by atoms with van der Waals surface area (Å²) in [6, 6.07) is 11.3. The van der Waals surface area contributed by atoms with E-state index in [1.54, 1.807) is 12.1 Å². The van der Waals surface area contributed by atoms with Crippen LogP contribution < -0.4 is 4.74 Å². The van der Waals surface area contributed by atoms with Crippen molar-refractivity contribution in [3.8, 4) is 5.75 Å². The van der Waals surface area contributed by atoms with E-state index in [-0.39, 0.29) is 5.56 Å². The van der Waals surface area contributed by atoms with E-state index in [0.717, 1.165) is 6.07 Å². The maximum absolute atomic E-state index is 12.9. The number of halogens is 3. The summed E-state index contributed by atoms with van der Waals surface area (Å²) in [5.74, 6) is 0.574. The average molecular weight is 282 g/mol. The normalized spacial score (nSPS) is 13.1. The van der Waals surface area contributed by atoms with Crippen LogP contribution in [-0.2, 0) is 6.18 Å². The van der Waals surface area contributed by atoms with Gasteiger partial charge in [0.15, 0.2) is 0 Å². The van der Waals surface area contributed by atoms with Crippen LogP contribution in [0.5, 0.6) is 5.75 Å². The Bertz CT molecular complexity index is 576. The molecule has 0 fully saturated rings. The highest BCUT2D eigenvalue weighted by Gasteiger charge is 2.34. The summed E-state index contributed by atoms with van der Waals surface area (Å²) in [5.41, 5.74) is -0.615. The van der Waals surface area contributed by atoms with Crippen LogP contribution in [0.2, 0.25) is 0 Å². The minimum absolute atomic E-state index is 0.162. The molecule has 2 rings (SSSR count). The van der Waals surface area contributed by atoms with Crippen LogP contribution >= 0.6 is 0 Å². The van der Waals surface area contributed by atoms with Crippen molar-refractivity contribution in [3.05, 3.63) is 65.2 Å². The Kier molecular flexibility index (Phi) is 3.99. The summed E-state index contributed by atoms with van der Waals surface area (Å²) in [4.78, 5) is 0. The highest BCUT2D eigenvalue weighted by atomic mass is 19.4. The second-order valence-electron chi connectivity index (χ2n) is 4.26. The molecular weight excluding hydrogens is 269 g/mol. The van der Waals surface area contributed by atoms with Gasteiger partial charge in [-0.05, 0) is 29.3 Å². The number of aliphatic hydroxyl groups is 1. The number of ether oxygens (including phenoxy) is 1. The lowest BCUT2D eigenvalue weighted by molar-refractivity contribution is -0.139. The van der Waals surface area contributed by atoms with E-state index < -0.39 is 17.8 Å². The van der Waals surface area contributed by atoms with Crippen molar-refractivity contribution >= 4 is 0 Å². The maximum atomic E-state index is 12.9. The minimum atomic E-state index is -4.50. The van der Waals surface area contributed by atoms with Crippen LogP contribution in [0.3, 0.4) is 0 Å². The van der Waals surface area contributed by atoms with Gasteiger partial charge in [-0.3, -0.25) is 0 Å². The first kappa shape index (κ1) is 14.4. The second kappa shape index (κ2) is 5.54. The zero-order valence-corrected chi connectivity index (χ0v) is 10.7. The van der Waals surface area contributed by atoms with E-state index in [1.807, 2.05) is 0 Å². The fourth-order valence-electron chi connectivity index (χ4n) is 1.96. The summed E-state index contributed by atoms with van der Waals surface area (Å²) in [5, 5.41) is 10.2. The van der Waals surface area contributed by atoms with E-state index in [1.165, 1.54) is 37.4 Å². The molecule has 0 aliphatic rings. The second-order valence-corrected chi connectivity index (χ2v) is 4.26. The van der Waals surface area contributed by atoms with Crippen molar-refractivity contribution in [3.63, 3.8) is 0 Å². The molecule has 0 saturated heterocycles. The summed E-state index contributed by atoms with van der Waals surface area (Å²) < 4.78 is 43.7. The van der Waals surface area contributed by atoms with Gasteiger partial charge in [-0.25, -0.2) is 0 Å². The van der Waals surface area contributed by atoms with Crippen LogP contribution in [0, 0.1) is 0 Å². The fourth-order valence-corrected chi connectivity index (χ4v) is 1.96. The topological polar surface area (TPSA) is 29.5 Å². The van der Waals surface area contributed by atoms with Gasteiger partial charge in [0.05, 0.1) is 12.7 Å². The molecule has 5 heteroatoms. The lowest BCUT2D eigenvalue weighted by Crippen LogP contribution is -2.12. The molecule has 2 aromatic carbocycles. The molecule has 1 atom stereocenters. The van der Waals surface area contributed by atoms with Crippen LogP contribution in [0.25, 0.3) is 0 Å². The fraction of sp³-hybridized carbons (Fsp3) is 0.200. The Morgan fingerprint density at radius 1 is 1.00 bits per heavy atom. The molecule has 0 aliphatic carbocycles. The quantitative estimate of drug-likeness (QED) is 0.928. The summed E-state index contributed by atoms with van der Waals surface area (Å²) in [6.07, 6.45) is -5.83. The van der Waals surface area contributed by atoms with Gasteiger partial charge in [0.1, 0.15) is 11.9 Å². The third-order valence-electron chi connectivity index (χ3n) is 2.99. The van der Waals surface area contributed by atoms with Gasteiger partial charge < -0.3 is 9.84 Å². The van der Waals surface area contributed by atoms with Crippen molar-refractivity contribution in [2.45, 2.75) is 12.3 Å². The molecule has 0 amide bonds. The van der Waals surface area contributed by atoms with Gasteiger partial charge in [0, 0.05) is 0 Å². The monoisotopic (exact) mass is 282 g/mol. The van der Waals surface area contributed by atoms with Crippen molar-refractivity contribution in [1.82, 2.24) is 0 Å². The number of aliphatic hydroxyl groups excluding tert-OH is 1. The van der Waals surface area contributed by atoms with E-state index >= 15 is 0 Å². The summed E-state index contributed by atoms with van der Waals surface area (Å²) in [6.45, 7) is 0. The molecule has 1 N–H and O–H groups in total. The van der Waals surface area contributed by atoms with E-state index in [2.05, 4.69) is 0 Å². The lowest BCUT2D eigenvalue weighted by Gasteiger charge is -2.18. The van der Waals surface area contributed by atoms with Gasteiger partial charge in [-0.15, -0.1) is 0 Å². The van der Waals surface area contributed by atoms with Gasteiger partial charge in [-0.2, -0.15) is 13.2 Å². The van der Waals surface area contributed by atoms with Crippen molar-refractivity contribution in [2.75, 3.05) is 7.11 Å². The van der Waals surface area contributed by atoms with Gasteiger partial charge in [-0.1, -0.05) is 30.3 Å². The first-order valence-electron chi connectivity index (χ1n) is 5.91. The Balaban J connectivity index is 2.40. The molecule has 0 radical (unpaired) electrons. The van der Waals surface area contributed by atoms with E-state index in [9.17, 15) is 18.3 Å². The molecule has 106 valence electrons. The highest BCUT2D eigenvalue weighted by molar-refractivity contribution is 5.39. The summed E-state index contributed by atoms with van der Waals surface area (Å²) in [7, 11) is 1.49. The number of hydrogen-bond acceptors (Lipinski definition) is 2. The number of benzene rings is 2. The number of alkyl halides is 3. The average Bonchev–Trinajstić information content (AvgIpc) is 2.46. The predicted octanol–water partition coefficient (Wildman–Crippen LogP) is 3.80. The van der Waals surface area contributed by atoms with Crippen LogP contribution in [0.4, 0.5) is 13.2 Å². The smallest absolute Gasteiger partial charge is 0.416 e. The highest BCUT2D eigenvalue weighted by Crippen LogP contribution is 2.36. The molecule has 0 heterocycles. The first-order valence-corrected chi connectivity index (χ1v) is 5.91. The zero-order valence-electron chi connectivity index (χ0n) is 10.7. The van der Waals surface area contributed by atoms with Crippen molar-refractivity contribution in [1.29, 1.82) is 0 Å². The minimum Gasteiger partial charge on any atom is -0.497 e. The van der Waals surface area contributed by atoms with Crippen molar-refractivity contribution < 1.29 is 23.0 Å². The van der Waals surface area contributed by atoms with Gasteiger partial charge in [0.2, 0.25) is 0 Å². The van der Waals surface area contributed by atoms with Crippen molar-refractivity contribution in [2.24, 2.45) is 0 Å². The number of methoxy groups -OCH3 is 1. The molecule has 2 nitrogen and oxygen atoms in total. The van der Waals surface area contributed by atoms with E-state index in [0.29, 0.717) is 11.3 Å². The molecule has 0 saturated carbocycles.